The Morgan fingerprint density at radius 2 is 1.85 bits per heavy atom. The fourth-order valence-electron chi connectivity index (χ4n) is 3.17. The fraction of sp³-hybridized carbons (Fsp3) is 0.167. The van der Waals surface area contributed by atoms with E-state index in [2.05, 4.69) is 15.6 Å². The SMILES string of the molecule is CCOC(=O)c1sc(-c2ccc(OC)cc2)cc1NC(=O)c1cn(Cc2ccccc2)nn1. The molecule has 0 aliphatic heterocycles. The number of nitrogens with one attached hydrogen (secondary N) is 1. The van der Waals surface area contributed by atoms with Crippen molar-refractivity contribution in [2.75, 3.05) is 19.0 Å². The Balaban J connectivity index is 1.56. The number of ether oxygens (including phenoxy) is 2. The first kappa shape index (κ1) is 22.2. The molecule has 0 spiro atoms. The number of hydrogen-bond acceptors (Lipinski definition) is 7. The second-order valence-corrected chi connectivity index (χ2v) is 8.10. The lowest BCUT2D eigenvalue weighted by Gasteiger charge is -2.04. The van der Waals surface area contributed by atoms with Crippen molar-refractivity contribution in [2.24, 2.45) is 0 Å². The summed E-state index contributed by atoms with van der Waals surface area (Å²) >= 11 is 1.25. The predicted octanol–water partition coefficient (Wildman–Crippen LogP) is 4.49. The Bertz CT molecular complexity index is 1250. The molecule has 2 aromatic carbocycles. The number of amides is 1. The molecule has 0 radical (unpaired) electrons. The Labute approximate surface area is 194 Å². The number of aromatic nitrogens is 3. The number of anilines is 1. The molecule has 0 aliphatic carbocycles. The van der Waals surface area contributed by atoms with Crippen LogP contribution in [0.25, 0.3) is 10.4 Å². The van der Waals surface area contributed by atoms with E-state index >= 15 is 0 Å². The van der Waals surface area contributed by atoms with Gasteiger partial charge in [0.15, 0.2) is 5.69 Å². The van der Waals surface area contributed by atoms with Crippen LogP contribution in [0.4, 0.5) is 5.69 Å². The van der Waals surface area contributed by atoms with Crippen molar-refractivity contribution in [3.63, 3.8) is 0 Å². The van der Waals surface area contributed by atoms with Crippen molar-refractivity contribution >= 4 is 28.9 Å². The van der Waals surface area contributed by atoms with Crippen molar-refractivity contribution < 1.29 is 19.1 Å². The van der Waals surface area contributed by atoms with Crippen LogP contribution < -0.4 is 10.1 Å². The monoisotopic (exact) mass is 462 g/mol. The molecule has 4 aromatic rings. The molecule has 0 unspecified atom stereocenters. The summed E-state index contributed by atoms with van der Waals surface area (Å²) in [4.78, 5) is 26.5. The molecule has 1 N–H and O–H groups in total. The van der Waals surface area contributed by atoms with Crippen LogP contribution in [0.15, 0.2) is 66.9 Å². The average Bonchev–Trinajstić information content (AvgIpc) is 3.47. The molecule has 8 nitrogen and oxygen atoms in total. The number of esters is 1. The van der Waals surface area contributed by atoms with Crippen LogP contribution in [-0.4, -0.2) is 40.6 Å². The van der Waals surface area contributed by atoms with Crippen LogP contribution in [0.5, 0.6) is 5.75 Å². The zero-order chi connectivity index (χ0) is 23.2. The average molecular weight is 463 g/mol. The summed E-state index contributed by atoms with van der Waals surface area (Å²) in [5.41, 5.74) is 2.45. The van der Waals surface area contributed by atoms with Gasteiger partial charge in [0, 0.05) is 4.88 Å². The molecule has 0 aliphatic rings. The van der Waals surface area contributed by atoms with E-state index in [9.17, 15) is 9.59 Å². The summed E-state index contributed by atoms with van der Waals surface area (Å²) in [5.74, 6) is -0.225. The molecule has 0 fully saturated rings. The van der Waals surface area contributed by atoms with Gasteiger partial charge in [-0.25, -0.2) is 9.48 Å². The summed E-state index contributed by atoms with van der Waals surface area (Å²) in [5, 5.41) is 10.8. The third-order valence-electron chi connectivity index (χ3n) is 4.77. The Morgan fingerprint density at radius 3 is 2.55 bits per heavy atom. The van der Waals surface area contributed by atoms with Crippen molar-refractivity contribution in [1.29, 1.82) is 0 Å². The minimum atomic E-state index is -0.495. The van der Waals surface area contributed by atoms with E-state index in [1.54, 1.807) is 31.0 Å². The Morgan fingerprint density at radius 1 is 1.09 bits per heavy atom. The summed E-state index contributed by atoms with van der Waals surface area (Å²) in [6.07, 6.45) is 1.57. The molecular formula is C24H22N4O4S. The van der Waals surface area contributed by atoms with E-state index in [4.69, 9.17) is 9.47 Å². The molecule has 0 atom stereocenters. The molecule has 168 valence electrons. The molecule has 2 heterocycles. The van der Waals surface area contributed by atoms with Crippen LogP contribution in [-0.2, 0) is 11.3 Å². The van der Waals surface area contributed by atoms with E-state index in [0.29, 0.717) is 17.1 Å². The van der Waals surface area contributed by atoms with E-state index in [0.717, 1.165) is 21.8 Å². The summed E-state index contributed by atoms with van der Waals surface area (Å²) < 4.78 is 12.0. The number of nitrogens with zero attached hydrogens (tertiary/aromatic N) is 3. The largest absolute Gasteiger partial charge is 0.497 e. The van der Waals surface area contributed by atoms with Gasteiger partial charge in [-0.2, -0.15) is 0 Å². The first-order valence-corrected chi connectivity index (χ1v) is 11.1. The lowest BCUT2D eigenvalue weighted by atomic mass is 10.2. The number of hydrogen-bond donors (Lipinski definition) is 1. The van der Waals surface area contributed by atoms with Crippen LogP contribution in [0.2, 0.25) is 0 Å². The predicted molar refractivity (Wildman–Crippen MR) is 126 cm³/mol. The first-order valence-electron chi connectivity index (χ1n) is 10.3. The molecule has 0 bridgehead atoms. The number of benzene rings is 2. The van der Waals surface area contributed by atoms with Gasteiger partial charge in [-0.05, 0) is 48.4 Å². The third-order valence-corrected chi connectivity index (χ3v) is 5.94. The zero-order valence-electron chi connectivity index (χ0n) is 18.1. The normalized spacial score (nSPS) is 10.6. The van der Waals surface area contributed by atoms with Crippen LogP contribution in [0.3, 0.4) is 0 Å². The third kappa shape index (κ3) is 5.27. The number of carbonyl (C=O) groups is 2. The van der Waals surface area contributed by atoms with Gasteiger partial charge in [-0.15, -0.1) is 16.4 Å². The van der Waals surface area contributed by atoms with Gasteiger partial charge < -0.3 is 14.8 Å². The highest BCUT2D eigenvalue weighted by Crippen LogP contribution is 2.36. The molecular weight excluding hydrogens is 440 g/mol. The highest BCUT2D eigenvalue weighted by atomic mass is 32.1. The molecule has 4 rings (SSSR count). The van der Waals surface area contributed by atoms with Crippen molar-refractivity contribution in [3.8, 4) is 16.2 Å². The molecule has 33 heavy (non-hydrogen) atoms. The van der Waals surface area contributed by atoms with E-state index < -0.39 is 11.9 Å². The van der Waals surface area contributed by atoms with Gasteiger partial charge in [0.2, 0.25) is 0 Å². The lowest BCUT2D eigenvalue weighted by molar-refractivity contribution is 0.0533. The Kier molecular flexibility index (Phi) is 6.80. The molecule has 0 saturated carbocycles. The first-order chi connectivity index (χ1) is 16.1. The molecule has 9 heteroatoms. The van der Waals surface area contributed by atoms with E-state index in [1.165, 1.54) is 11.3 Å². The molecule has 0 saturated heterocycles. The maximum atomic E-state index is 12.9. The quantitative estimate of drug-likeness (QED) is 0.388. The fourth-order valence-corrected chi connectivity index (χ4v) is 4.18. The minimum absolute atomic E-state index is 0.151. The van der Waals surface area contributed by atoms with Gasteiger partial charge in [0.25, 0.3) is 5.91 Å². The van der Waals surface area contributed by atoms with Gasteiger partial charge in [0.05, 0.1) is 32.1 Å². The highest BCUT2D eigenvalue weighted by molar-refractivity contribution is 7.18. The highest BCUT2D eigenvalue weighted by Gasteiger charge is 2.21. The zero-order valence-corrected chi connectivity index (χ0v) is 19.0. The smallest absolute Gasteiger partial charge is 0.350 e. The van der Waals surface area contributed by atoms with Crippen molar-refractivity contribution in [1.82, 2.24) is 15.0 Å². The lowest BCUT2D eigenvalue weighted by Crippen LogP contribution is -2.14. The van der Waals surface area contributed by atoms with Gasteiger partial charge in [-0.1, -0.05) is 35.5 Å². The molecule has 1 amide bonds. The van der Waals surface area contributed by atoms with Crippen molar-refractivity contribution in [3.05, 3.63) is 83.0 Å². The van der Waals surface area contributed by atoms with Crippen molar-refractivity contribution in [2.45, 2.75) is 13.5 Å². The number of carbonyl (C=O) groups excluding carboxylic acids is 2. The maximum Gasteiger partial charge on any atom is 0.350 e. The number of thiophene rings is 1. The number of methoxy groups -OCH3 is 1. The number of rotatable bonds is 8. The minimum Gasteiger partial charge on any atom is -0.497 e. The maximum absolute atomic E-state index is 12.9. The van der Waals surface area contributed by atoms with Gasteiger partial charge in [-0.3, -0.25) is 4.79 Å². The Hall–Kier alpha value is -3.98. The van der Waals surface area contributed by atoms with Crippen LogP contribution >= 0.6 is 11.3 Å². The molecule has 2 aromatic heterocycles. The summed E-state index contributed by atoms with van der Waals surface area (Å²) in [6.45, 7) is 2.46. The van der Waals surface area contributed by atoms with Crippen LogP contribution in [0.1, 0.15) is 32.6 Å². The topological polar surface area (TPSA) is 95.3 Å². The second-order valence-electron chi connectivity index (χ2n) is 7.04. The summed E-state index contributed by atoms with van der Waals surface area (Å²) in [7, 11) is 1.60. The van der Waals surface area contributed by atoms with Gasteiger partial charge in [0.1, 0.15) is 10.6 Å². The standard InChI is InChI=1S/C24H22N4O4S/c1-3-32-24(30)22-19(13-21(33-22)17-9-11-18(31-2)12-10-17)25-23(29)20-15-28(27-26-20)14-16-7-5-4-6-8-16/h4-13,15H,3,14H2,1-2H3,(H,25,29). The van der Waals surface area contributed by atoms with E-state index in [-0.39, 0.29) is 12.3 Å². The van der Waals surface area contributed by atoms with Gasteiger partial charge >= 0.3 is 5.97 Å². The van der Waals surface area contributed by atoms with E-state index in [1.807, 2.05) is 54.6 Å². The summed E-state index contributed by atoms with van der Waals surface area (Å²) in [6, 6.07) is 19.0. The second kappa shape index (κ2) is 10.1. The van der Waals surface area contributed by atoms with Crippen LogP contribution in [0, 0.1) is 0 Å².